The summed E-state index contributed by atoms with van der Waals surface area (Å²) in [5, 5.41) is 5.50. The van der Waals surface area contributed by atoms with Gasteiger partial charge in [-0.2, -0.15) is 9.97 Å². The number of rotatable bonds is 11. The van der Waals surface area contributed by atoms with Crippen LogP contribution in [0.15, 0.2) is 59.5 Å². The number of nitrogens with zero attached hydrogens (tertiary/aromatic N) is 2. The van der Waals surface area contributed by atoms with Crippen LogP contribution in [0.3, 0.4) is 0 Å². The zero-order valence-corrected chi connectivity index (χ0v) is 22.1. The molecule has 3 rings (SSSR count). The zero-order valence-electron chi connectivity index (χ0n) is 20.5. The second-order valence-corrected chi connectivity index (χ2v) is 9.64. The van der Waals surface area contributed by atoms with Gasteiger partial charge < -0.3 is 19.5 Å². The van der Waals surface area contributed by atoms with E-state index in [9.17, 15) is 13.2 Å². The van der Waals surface area contributed by atoms with E-state index in [1.807, 2.05) is 0 Å². The van der Waals surface area contributed by atoms with Crippen LogP contribution in [0.4, 0.5) is 11.5 Å². The van der Waals surface area contributed by atoms with E-state index in [1.165, 1.54) is 44.6 Å². The molecule has 0 aliphatic heterocycles. The molecule has 11 nitrogen and oxygen atoms in total. The van der Waals surface area contributed by atoms with Crippen LogP contribution in [-0.2, 0) is 10.0 Å². The van der Waals surface area contributed by atoms with Gasteiger partial charge in [-0.3, -0.25) is 14.8 Å². The second kappa shape index (κ2) is 12.8. The Kier molecular flexibility index (Phi) is 9.57. The highest BCUT2D eigenvalue weighted by molar-refractivity contribution is 7.92. The summed E-state index contributed by atoms with van der Waals surface area (Å²) in [5.74, 6) is 0.413. The van der Waals surface area contributed by atoms with Gasteiger partial charge in [0.05, 0.1) is 25.7 Å². The number of thiocarbonyl (C=S) groups is 1. The van der Waals surface area contributed by atoms with Crippen LogP contribution in [0.1, 0.15) is 30.1 Å². The van der Waals surface area contributed by atoms with Crippen LogP contribution in [0.5, 0.6) is 17.6 Å². The van der Waals surface area contributed by atoms with Crippen molar-refractivity contribution in [3.05, 3.63) is 60.2 Å². The smallest absolute Gasteiger partial charge is 0.321 e. The number of nitrogens with one attached hydrogen (secondary N) is 3. The highest BCUT2D eigenvalue weighted by Gasteiger charge is 2.17. The lowest BCUT2D eigenvalue weighted by molar-refractivity contribution is 0.0977. The van der Waals surface area contributed by atoms with E-state index >= 15 is 0 Å². The van der Waals surface area contributed by atoms with Gasteiger partial charge in [-0.25, -0.2) is 8.42 Å². The Bertz CT molecular complexity index is 1310. The maximum atomic E-state index is 12.8. The average molecular weight is 546 g/mol. The predicted molar refractivity (Wildman–Crippen MR) is 143 cm³/mol. The van der Waals surface area contributed by atoms with E-state index in [0.29, 0.717) is 23.6 Å². The van der Waals surface area contributed by atoms with Crippen molar-refractivity contribution in [2.24, 2.45) is 0 Å². The fourth-order valence-corrected chi connectivity index (χ4v) is 4.14. The first-order valence-corrected chi connectivity index (χ1v) is 13.1. The molecule has 0 saturated heterocycles. The minimum atomic E-state index is -3.97. The predicted octanol–water partition coefficient (Wildman–Crippen LogP) is 3.60. The molecular formula is C24H27N5O6S2. The van der Waals surface area contributed by atoms with Gasteiger partial charge in [-0.15, -0.1) is 0 Å². The summed E-state index contributed by atoms with van der Waals surface area (Å²) in [5.41, 5.74) is 0.895. The third-order valence-electron chi connectivity index (χ3n) is 4.85. The number of aromatic nitrogens is 2. The van der Waals surface area contributed by atoms with Gasteiger partial charge >= 0.3 is 6.01 Å². The van der Waals surface area contributed by atoms with E-state index < -0.39 is 15.9 Å². The van der Waals surface area contributed by atoms with Crippen molar-refractivity contribution in [3.63, 3.8) is 0 Å². The fraction of sp³-hybridized carbons (Fsp3) is 0.250. The maximum absolute atomic E-state index is 12.8. The lowest BCUT2D eigenvalue weighted by atomic mass is 10.2. The molecule has 0 aliphatic rings. The summed E-state index contributed by atoms with van der Waals surface area (Å²) in [4.78, 5) is 20.3. The molecule has 1 aromatic heterocycles. The fourth-order valence-electron chi connectivity index (χ4n) is 2.94. The monoisotopic (exact) mass is 545 g/mol. The number of unbranched alkanes of at least 4 members (excludes halogenated alkanes) is 1. The molecule has 37 heavy (non-hydrogen) atoms. The molecule has 0 spiro atoms. The highest BCUT2D eigenvalue weighted by Crippen LogP contribution is 2.21. The molecule has 1 amide bonds. The number of hydrogen-bond donors (Lipinski definition) is 3. The van der Waals surface area contributed by atoms with E-state index in [-0.39, 0.29) is 27.7 Å². The van der Waals surface area contributed by atoms with Gasteiger partial charge in [-0.1, -0.05) is 13.3 Å². The molecule has 1 heterocycles. The van der Waals surface area contributed by atoms with Crippen LogP contribution in [0.25, 0.3) is 0 Å². The number of methoxy groups -OCH3 is 2. The topological polar surface area (TPSA) is 141 Å². The number of benzene rings is 2. The number of amides is 1. The van der Waals surface area contributed by atoms with Crippen molar-refractivity contribution < 1.29 is 27.4 Å². The first-order chi connectivity index (χ1) is 17.7. The van der Waals surface area contributed by atoms with Gasteiger partial charge in [0, 0.05) is 17.3 Å². The van der Waals surface area contributed by atoms with Crippen LogP contribution in [0, 0.1) is 0 Å². The minimum Gasteiger partial charge on any atom is -0.494 e. The van der Waals surface area contributed by atoms with E-state index in [0.717, 1.165) is 12.8 Å². The first-order valence-electron chi connectivity index (χ1n) is 11.2. The number of ether oxygens (including phenoxy) is 3. The Labute approximate surface area is 220 Å². The molecule has 0 bridgehead atoms. The first kappa shape index (κ1) is 27.6. The van der Waals surface area contributed by atoms with Crippen molar-refractivity contribution in [2.45, 2.75) is 24.7 Å². The summed E-state index contributed by atoms with van der Waals surface area (Å²) in [7, 11) is -1.23. The van der Waals surface area contributed by atoms with Crippen LogP contribution >= 0.6 is 12.2 Å². The standard InChI is InChI=1S/C24H27N5O6S2/c1-4-5-14-35-18-10-6-16(7-11-18)22(30)28-24(36)25-17-8-12-19(13-9-17)37(31,32)29-20-15-21(33-2)27-23(26-20)34-3/h6-13,15H,4-5,14H2,1-3H3,(H,26,27,29)(H2,25,28,30,36). The largest absolute Gasteiger partial charge is 0.494 e. The Balaban J connectivity index is 1.58. The summed E-state index contributed by atoms with van der Waals surface area (Å²) in [6.45, 7) is 2.70. The summed E-state index contributed by atoms with van der Waals surface area (Å²) in [6, 6.07) is 13.8. The maximum Gasteiger partial charge on any atom is 0.321 e. The van der Waals surface area contributed by atoms with Crippen LogP contribution in [-0.4, -0.2) is 50.2 Å². The lowest BCUT2D eigenvalue weighted by Gasteiger charge is -2.12. The minimum absolute atomic E-state index is 0.0182. The second-order valence-electron chi connectivity index (χ2n) is 7.55. The van der Waals surface area contributed by atoms with Gasteiger partial charge in [0.1, 0.15) is 5.75 Å². The molecule has 3 N–H and O–H groups in total. The Morgan fingerprint density at radius 3 is 2.32 bits per heavy atom. The molecule has 0 unspecified atom stereocenters. The van der Waals surface area contributed by atoms with Crippen molar-refractivity contribution in [3.8, 4) is 17.6 Å². The van der Waals surface area contributed by atoms with Gasteiger partial charge in [0.15, 0.2) is 10.9 Å². The Morgan fingerprint density at radius 2 is 1.70 bits per heavy atom. The van der Waals surface area contributed by atoms with E-state index in [2.05, 4.69) is 32.2 Å². The third-order valence-corrected chi connectivity index (χ3v) is 6.42. The average Bonchev–Trinajstić information content (AvgIpc) is 2.89. The Hall–Kier alpha value is -3.97. The number of carbonyl (C=O) groups excluding carboxylic acids is 1. The summed E-state index contributed by atoms with van der Waals surface area (Å²) in [6.07, 6.45) is 1.99. The molecule has 0 saturated carbocycles. The van der Waals surface area contributed by atoms with Gasteiger partial charge in [0.25, 0.3) is 15.9 Å². The van der Waals surface area contributed by atoms with Gasteiger partial charge in [-0.05, 0) is 67.2 Å². The van der Waals surface area contributed by atoms with E-state index in [1.54, 1.807) is 24.3 Å². The number of sulfonamides is 1. The summed E-state index contributed by atoms with van der Waals surface area (Å²) >= 11 is 5.21. The van der Waals surface area contributed by atoms with Crippen molar-refractivity contribution >= 4 is 44.8 Å². The lowest BCUT2D eigenvalue weighted by Crippen LogP contribution is -2.34. The third kappa shape index (κ3) is 8.02. The molecular weight excluding hydrogens is 518 g/mol. The number of anilines is 2. The van der Waals surface area contributed by atoms with Gasteiger partial charge in [0.2, 0.25) is 5.88 Å². The van der Waals surface area contributed by atoms with Crippen molar-refractivity contribution in [1.82, 2.24) is 15.3 Å². The molecule has 196 valence electrons. The van der Waals surface area contributed by atoms with Crippen LogP contribution < -0.4 is 29.6 Å². The zero-order chi connectivity index (χ0) is 26.8. The summed E-state index contributed by atoms with van der Waals surface area (Å²) < 4.78 is 43.5. The normalized spacial score (nSPS) is 10.8. The molecule has 0 fully saturated rings. The Morgan fingerprint density at radius 1 is 1.00 bits per heavy atom. The molecule has 0 aliphatic carbocycles. The van der Waals surface area contributed by atoms with Crippen LogP contribution in [0.2, 0.25) is 0 Å². The molecule has 0 atom stereocenters. The number of hydrogen-bond acceptors (Lipinski definition) is 9. The molecule has 13 heteroatoms. The SMILES string of the molecule is CCCCOc1ccc(C(=O)NC(=S)Nc2ccc(S(=O)(=O)Nc3cc(OC)nc(OC)n3)cc2)cc1. The molecule has 3 aromatic rings. The number of carbonyl (C=O) groups is 1. The highest BCUT2D eigenvalue weighted by atomic mass is 32.2. The van der Waals surface area contributed by atoms with E-state index in [4.69, 9.17) is 26.4 Å². The quantitative estimate of drug-likeness (QED) is 0.242. The molecule has 0 radical (unpaired) electrons. The molecule has 2 aromatic carbocycles. The van der Waals surface area contributed by atoms with Crippen molar-refractivity contribution in [1.29, 1.82) is 0 Å². The van der Waals surface area contributed by atoms with Crippen molar-refractivity contribution in [2.75, 3.05) is 30.9 Å².